The standard InChI is InChI=1S/C22H32N4O3/c27-21(24-14-19-8-4-12-29-19)17-7-3-11-26(15-17)20-10-9-18(13-23-20)25-22(28)16-5-1-2-6-16/h9-10,13,16-17,19H,1-8,11-12,14-15H2,(H,24,27)(H,25,28). The lowest BCUT2D eigenvalue weighted by molar-refractivity contribution is -0.125. The molecule has 2 unspecified atom stereocenters. The number of ether oxygens (including phenoxy) is 1. The van der Waals surface area contributed by atoms with Gasteiger partial charge < -0.3 is 20.3 Å². The summed E-state index contributed by atoms with van der Waals surface area (Å²) in [5.41, 5.74) is 0.744. The molecule has 0 bridgehead atoms. The fourth-order valence-electron chi connectivity index (χ4n) is 4.64. The minimum atomic E-state index is -0.0197. The Balaban J connectivity index is 1.28. The average Bonchev–Trinajstić information content (AvgIpc) is 3.47. The van der Waals surface area contributed by atoms with E-state index in [0.29, 0.717) is 13.1 Å². The lowest BCUT2D eigenvalue weighted by Crippen LogP contribution is -2.44. The molecule has 1 aromatic heterocycles. The Morgan fingerprint density at radius 3 is 2.59 bits per heavy atom. The normalized spacial score (nSPS) is 25.2. The molecule has 4 rings (SSSR count). The molecule has 2 N–H and O–H groups in total. The van der Waals surface area contributed by atoms with Crippen molar-refractivity contribution in [3.8, 4) is 0 Å². The number of amides is 2. The van der Waals surface area contributed by atoms with Crippen molar-refractivity contribution in [3.05, 3.63) is 18.3 Å². The molecule has 2 aliphatic heterocycles. The molecule has 1 aromatic rings. The van der Waals surface area contributed by atoms with Crippen molar-refractivity contribution < 1.29 is 14.3 Å². The lowest BCUT2D eigenvalue weighted by Gasteiger charge is -2.33. The monoisotopic (exact) mass is 400 g/mol. The van der Waals surface area contributed by atoms with Gasteiger partial charge in [0, 0.05) is 32.2 Å². The molecule has 3 aliphatic rings. The Morgan fingerprint density at radius 2 is 1.86 bits per heavy atom. The summed E-state index contributed by atoms with van der Waals surface area (Å²) in [5.74, 6) is 1.21. The number of hydrogen-bond donors (Lipinski definition) is 2. The second-order valence-corrected chi connectivity index (χ2v) is 8.54. The summed E-state index contributed by atoms with van der Waals surface area (Å²) in [7, 11) is 0. The highest BCUT2D eigenvalue weighted by molar-refractivity contribution is 5.92. The quantitative estimate of drug-likeness (QED) is 0.767. The summed E-state index contributed by atoms with van der Waals surface area (Å²) >= 11 is 0. The second-order valence-electron chi connectivity index (χ2n) is 8.54. The van der Waals surface area contributed by atoms with Crippen LogP contribution in [0.5, 0.6) is 0 Å². The van der Waals surface area contributed by atoms with E-state index in [1.165, 1.54) is 0 Å². The number of carbonyl (C=O) groups is 2. The molecule has 1 saturated carbocycles. The van der Waals surface area contributed by atoms with E-state index < -0.39 is 0 Å². The molecule has 29 heavy (non-hydrogen) atoms. The summed E-state index contributed by atoms with van der Waals surface area (Å²) in [6.07, 6.45) is 10.2. The van der Waals surface area contributed by atoms with Crippen molar-refractivity contribution in [2.45, 2.75) is 57.5 Å². The van der Waals surface area contributed by atoms with Crippen LogP contribution in [0.4, 0.5) is 11.5 Å². The van der Waals surface area contributed by atoms with E-state index in [1.54, 1.807) is 6.20 Å². The first kappa shape index (κ1) is 20.1. The van der Waals surface area contributed by atoms with Crippen molar-refractivity contribution in [2.75, 3.05) is 36.5 Å². The van der Waals surface area contributed by atoms with Gasteiger partial charge in [0.15, 0.2) is 0 Å². The maximum absolute atomic E-state index is 12.6. The van der Waals surface area contributed by atoms with Gasteiger partial charge in [-0.15, -0.1) is 0 Å². The van der Waals surface area contributed by atoms with Gasteiger partial charge in [-0.2, -0.15) is 0 Å². The van der Waals surface area contributed by atoms with E-state index in [1.807, 2.05) is 12.1 Å². The van der Waals surface area contributed by atoms with E-state index in [0.717, 1.165) is 76.0 Å². The predicted octanol–water partition coefficient (Wildman–Crippen LogP) is 2.72. The maximum atomic E-state index is 12.6. The second kappa shape index (κ2) is 9.57. The third kappa shape index (κ3) is 5.26. The average molecular weight is 401 g/mol. The van der Waals surface area contributed by atoms with Gasteiger partial charge in [-0.1, -0.05) is 12.8 Å². The predicted molar refractivity (Wildman–Crippen MR) is 112 cm³/mol. The van der Waals surface area contributed by atoms with Crippen molar-refractivity contribution in [1.82, 2.24) is 10.3 Å². The van der Waals surface area contributed by atoms with Crippen LogP contribution in [0.15, 0.2) is 18.3 Å². The number of piperidine rings is 1. The number of nitrogens with one attached hydrogen (secondary N) is 2. The fraction of sp³-hybridized carbons (Fsp3) is 0.682. The van der Waals surface area contributed by atoms with Gasteiger partial charge in [-0.3, -0.25) is 9.59 Å². The van der Waals surface area contributed by atoms with Gasteiger partial charge in [0.25, 0.3) is 0 Å². The van der Waals surface area contributed by atoms with Gasteiger partial charge in [-0.05, 0) is 50.7 Å². The van der Waals surface area contributed by atoms with E-state index in [2.05, 4.69) is 20.5 Å². The molecule has 0 spiro atoms. The topological polar surface area (TPSA) is 83.6 Å². The third-order valence-electron chi connectivity index (χ3n) is 6.39. The number of rotatable bonds is 6. The number of carbonyl (C=O) groups excluding carboxylic acids is 2. The molecular weight excluding hydrogens is 368 g/mol. The van der Waals surface area contributed by atoms with Gasteiger partial charge >= 0.3 is 0 Å². The number of nitrogens with zero attached hydrogens (tertiary/aromatic N) is 2. The minimum absolute atomic E-state index is 0.0197. The molecule has 3 fully saturated rings. The van der Waals surface area contributed by atoms with Crippen LogP contribution in [-0.2, 0) is 14.3 Å². The van der Waals surface area contributed by atoms with E-state index in [-0.39, 0.29) is 29.8 Å². The fourth-order valence-corrected chi connectivity index (χ4v) is 4.64. The highest BCUT2D eigenvalue weighted by Gasteiger charge is 2.28. The summed E-state index contributed by atoms with van der Waals surface area (Å²) < 4.78 is 5.59. The van der Waals surface area contributed by atoms with Gasteiger partial charge in [0.05, 0.1) is 23.9 Å². The highest BCUT2D eigenvalue weighted by Crippen LogP contribution is 2.27. The van der Waals surface area contributed by atoms with E-state index >= 15 is 0 Å². The summed E-state index contributed by atoms with van der Waals surface area (Å²) in [4.78, 5) is 31.6. The van der Waals surface area contributed by atoms with Crippen molar-refractivity contribution in [1.29, 1.82) is 0 Å². The van der Waals surface area contributed by atoms with Crippen LogP contribution in [0.2, 0.25) is 0 Å². The first-order chi connectivity index (χ1) is 14.2. The number of aromatic nitrogens is 1. The molecule has 0 aromatic carbocycles. The molecule has 7 nitrogen and oxygen atoms in total. The minimum Gasteiger partial charge on any atom is -0.376 e. The maximum Gasteiger partial charge on any atom is 0.227 e. The smallest absolute Gasteiger partial charge is 0.227 e. The molecule has 2 saturated heterocycles. The number of pyridine rings is 1. The Bertz CT molecular complexity index is 697. The highest BCUT2D eigenvalue weighted by atomic mass is 16.5. The SMILES string of the molecule is O=C(NCC1CCCO1)C1CCCN(c2ccc(NC(=O)C3CCCC3)cn2)C1. The largest absolute Gasteiger partial charge is 0.376 e. The first-order valence-corrected chi connectivity index (χ1v) is 11.1. The van der Waals surface area contributed by atoms with Crippen LogP contribution in [0, 0.1) is 11.8 Å². The Kier molecular flexibility index (Phi) is 6.64. The van der Waals surface area contributed by atoms with Gasteiger partial charge in [0.2, 0.25) is 11.8 Å². The lowest BCUT2D eigenvalue weighted by atomic mass is 9.97. The zero-order valence-electron chi connectivity index (χ0n) is 17.1. The van der Waals surface area contributed by atoms with Crippen molar-refractivity contribution in [3.63, 3.8) is 0 Å². The van der Waals surface area contributed by atoms with Crippen LogP contribution in [0.25, 0.3) is 0 Å². The zero-order chi connectivity index (χ0) is 20.1. The number of anilines is 2. The Morgan fingerprint density at radius 1 is 1.03 bits per heavy atom. The van der Waals surface area contributed by atoms with Crippen LogP contribution in [0.1, 0.15) is 51.4 Å². The molecule has 158 valence electrons. The molecule has 2 amide bonds. The summed E-state index contributed by atoms with van der Waals surface area (Å²) in [5, 5.41) is 6.05. The molecule has 1 aliphatic carbocycles. The van der Waals surface area contributed by atoms with Crippen molar-refractivity contribution >= 4 is 23.3 Å². The summed E-state index contributed by atoms with van der Waals surface area (Å²) in [6, 6.07) is 3.85. The molecule has 2 atom stereocenters. The van der Waals surface area contributed by atoms with E-state index in [9.17, 15) is 9.59 Å². The van der Waals surface area contributed by atoms with Crippen LogP contribution in [-0.4, -0.2) is 49.1 Å². The molecular formula is C22H32N4O3. The molecule has 3 heterocycles. The van der Waals surface area contributed by atoms with Crippen LogP contribution < -0.4 is 15.5 Å². The van der Waals surface area contributed by atoms with Crippen LogP contribution >= 0.6 is 0 Å². The van der Waals surface area contributed by atoms with E-state index in [4.69, 9.17) is 4.74 Å². The Labute approximate surface area is 172 Å². The number of hydrogen-bond acceptors (Lipinski definition) is 5. The Hall–Kier alpha value is -2.15. The van der Waals surface area contributed by atoms with Gasteiger partial charge in [0.1, 0.15) is 5.82 Å². The van der Waals surface area contributed by atoms with Crippen molar-refractivity contribution in [2.24, 2.45) is 11.8 Å². The van der Waals surface area contributed by atoms with Crippen LogP contribution in [0.3, 0.4) is 0 Å². The third-order valence-corrected chi connectivity index (χ3v) is 6.39. The first-order valence-electron chi connectivity index (χ1n) is 11.1. The zero-order valence-corrected chi connectivity index (χ0v) is 17.1. The van der Waals surface area contributed by atoms with Gasteiger partial charge in [-0.25, -0.2) is 4.98 Å². The molecule has 7 heteroatoms. The molecule has 0 radical (unpaired) electrons. The summed E-state index contributed by atoms with van der Waals surface area (Å²) in [6.45, 7) is 3.00.